The molecule has 0 aromatic heterocycles. The molecule has 0 bridgehead atoms. The van der Waals surface area contributed by atoms with Crippen LogP contribution in [0.2, 0.25) is 0 Å². The van der Waals surface area contributed by atoms with Crippen molar-refractivity contribution in [2.45, 2.75) is 23.9 Å². The molecule has 7 heteroatoms. The van der Waals surface area contributed by atoms with Gasteiger partial charge in [0.1, 0.15) is 6.04 Å². The summed E-state index contributed by atoms with van der Waals surface area (Å²) >= 11 is 0. The zero-order chi connectivity index (χ0) is 20.4. The molecule has 3 aromatic carbocycles. The Kier molecular flexibility index (Phi) is 5.36. The zero-order valence-corrected chi connectivity index (χ0v) is 16.6. The fourth-order valence-corrected chi connectivity index (χ4v) is 5.34. The number of aliphatic hydroxyl groups excluding tert-OH is 1. The highest BCUT2D eigenvalue weighted by Crippen LogP contribution is 2.30. The van der Waals surface area contributed by atoms with E-state index in [1.54, 1.807) is 18.2 Å². The number of sulfonamides is 1. The van der Waals surface area contributed by atoms with Crippen molar-refractivity contribution < 1.29 is 18.3 Å². The fraction of sp³-hybridized carbons (Fsp3) is 0.227. The van der Waals surface area contributed by atoms with E-state index in [1.807, 2.05) is 48.5 Å². The third-order valence-corrected chi connectivity index (χ3v) is 7.10. The summed E-state index contributed by atoms with van der Waals surface area (Å²) in [7, 11) is -3.91. The maximum atomic E-state index is 13.5. The van der Waals surface area contributed by atoms with Crippen LogP contribution in [0.3, 0.4) is 0 Å². The quantitative estimate of drug-likeness (QED) is 0.674. The number of hydrogen-bond acceptors (Lipinski definition) is 4. The Labute approximate surface area is 169 Å². The van der Waals surface area contributed by atoms with E-state index >= 15 is 0 Å². The van der Waals surface area contributed by atoms with E-state index in [9.17, 15) is 13.2 Å². The van der Waals surface area contributed by atoms with Gasteiger partial charge < -0.3 is 10.4 Å². The van der Waals surface area contributed by atoms with Gasteiger partial charge in [-0.25, -0.2) is 8.42 Å². The number of rotatable bonds is 5. The molecule has 29 heavy (non-hydrogen) atoms. The summed E-state index contributed by atoms with van der Waals surface area (Å²) in [5, 5.41) is 13.4. The summed E-state index contributed by atoms with van der Waals surface area (Å²) in [6.07, 6.45) is 0.292. The molecule has 3 aromatic rings. The first-order chi connectivity index (χ1) is 14.0. The highest BCUT2D eigenvalue weighted by atomic mass is 32.2. The van der Waals surface area contributed by atoms with Crippen LogP contribution in [-0.2, 0) is 27.8 Å². The van der Waals surface area contributed by atoms with Crippen molar-refractivity contribution >= 4 is 26.7 Å². The third-order valence-electron chi connectivity index (χ3n) is 5.25. The molecule has 6 nitrogen and oxygen atoms in total. The minimum atomic E-state index is -3.91. The first-order valence-corrected chi connectivity index (χ1v) is 10.9. The summed E-state index contributed by atoms with van der Waals surface area (Å²) in [5.41, 5.74) is 1.85. The molecular formula is C22H22N2O4S. The van der Waals surface area contributed by atoms with E-state index in [-0.39, 0.29) is 24.6 Å². The van der Waals surface area contributed by atoms with E-state index in [1.165, 1.54) is 4.31 Å². The average molecular weight is 410 g/mol. The van der Waals surface area contributed by atoms with Crippen molar-refractivity contribution in [3.05, 3.63) is 77.9 Å². The molecule has 0 saturated heterocycles. The van der Waals surface area contributed by atoms with Gasteiger partial charge in [-0.3, -0.25) is 4.79 Å². The topological polar surface area (TPSA) is 86.7 Å². The van der Waals surface area contributed by atoms with Gasteiger partial charge in [0.25, 0.3) is 0 Å². The summed E-state index contributed by atoms with van der Waals surface area (Å²) in [6.45, 7) is 0.00978. The molecule has 4 rings (SSSR count). The van der Waals surface area contributed by atoms with Crippen LogP contribution in [0.15, 0.2) is 71.6 Å². The number of fused-ring (bicyclic) bond motifs is 2. The van der Waals surface area contributed by atoms with Gasteiger partial charge in [0, 0.05) is 13.1 Å². The van der Waals surface area contributed by atoms with E-state index in [2.05, 4.69) is 5.32 Å². The number of carbonyl (C=O) groups is 1. The van der Waals surface area contributed by atoms with Gasteiger partial charge >= 0.3 is 0 Å². The van der Waals surface area contributed by atoms with Crippen molar-refractivity contribution in [1.82, 2.24) is 9.62 Å². The van der Waals surface area contributed by atoms with Crippen molar-refractivity contribution in [3.63, 3.8) is 0 Å². The lowest BCUT2D eigenvalue weighted by Gasteiger charge is -2.35. The van der Waals surface area contributed by atoms with Crippen molar-refractivity contribution in [2.75, 3.05) is 13.2 Å². The predicted molar refractivity (Wildman–Crippen MR) is 111 cm³/mol. The molecule has 1 atom stereocenters. The number of aliphatic hydroxyl groups is 1. The minimum Gasteiger partial charge on any atom is -0.395 e. The normalized spacial score (nSPS) is 17.1. The third kappa shape index (κ3) is 3.76. The molecule has 0 radical (unpaired) electrons. The van der Waals surface area contributed by atoms with Gasteiger partial charge in [-0.15, -0.1) is 0 Å². The number of nitrogens with one attached hydrogen (secondary N) is 1. The number of hydrogen-bond donors (Lipinski definition) is 2. The Morgan fingerprint density at radius 2 is 1.69 bits per heavy atom. The van der Waals surface area contributed by atoms with Crippen LogP contribution >= 0.6 is 0 Å². The van der Waals surface area contributed by atoms with Crippen LogP contribution in [-0.4, -0.2) is 42.9 Å². The van der Waals surface area contributed by atoms with Gasteiger partial charge in [-0.05, 0) is 40.5 Å². The molecule has 0 fully saturated rings. The van der Waals surface area contributed by atoms with Gasteiger partial charge in [0.2, 0.25) is 15.9 Å². The summed E-state index contributed by atoms with van der Waals surface area (Å²) in [4.78, 5) is 12.9. The van der Waals surface area contributed by atoms with Gasteiger partial charge in [-0.2, -0.15) is 4.31 Å². The Bertz CT molecular complexity index is 1160. The van der Waals surface area contributed by atoms with Crippen LogP contribution in [0, 0.1) is 0 Å². The number of nitrogens with zero attached hydrogens (tertiary/aromatic N) is 1. The smallest absolute Gasteiger partial charge is 0.244 e. The highest BCUT2D eigenvalue weighted by Gasteiger charge is 2.39. The van der Waals surface area contributed by atoms with E-state index < -0.39 is 22.0 Å². The van der Waals surface area contributed by atoms with Crippen LogP contribution in [0.4, 0.5) is 0 Å². The number of benzene rings is 3. The molecule has 0 spiro atoms. The largest absolute Gasteiger partial charge is 0.395 e. The molecule has 0 saturated carbocycles. The maximum Gasteiger partial charge on any atom is 0.244 e. The van der Waals surface area contributed by atoms with Gasteiger partial charge in [0.05, 0.1) is 11.5 Å². The summed E-state index contributed by atoms with van der Waals surface area (Å²) < 4.78 is 28.3. The van der Waals surface area contributed by atoms with Crippen LogP contribution in [0.1, 0.15) is 11.1 Å². The molecule has 150 valence electrons. The van der Waals surface area contributed by atoms with Crippen molar-refractivity contribution in [1.29, 1.82) is 0 Å². The Balaban J connectivity index is 1.76. The summed E-state index contributed by atoms with van der Waals surface area (Å²) in [5.74, 6) is -0.405. The molecule has 1 amide bonds. The highest BCUT2D eigenvalue weighted by molar-refractivity contribution is 7.89. The van der Waals surface area contributed by atoms with Crippen molar-refractivity contribution in [3.8, 4) is 0 Å². The lowest BCUT2D eigenvalue weighted by molar-refractivity contribution is -0.125. The van der Waals surface area contributed by atoms with E-state index in [4.69, 9.17) is 5.11 Å². The van der Waals surface area contributed by atoms with Crippen LogP contribution < -0.4 is 5.32 Å². The number of amides is 1. The summed E-state index contributed by atoms with van der Waals surface area (Å²) in [6, 6.07) is 19.3. The monoisotopic (exact) mass is 410 g/mol. The molecule has 1 aliphatic heterocycles. The lowest BCUT2D eigenvalue weighted by Crippen LogP contribution is -2.52. The van der Waals surface area contributed by atoms with Gasteiger partial charge in [-0.1, -0.05) is 54.6 Å². The molecule has 2 N–H and O–H groups in total. The van der Waals surface area contributed by atoms with Gasteiger partial charge in [0.15, 0.2) is 0 Å². The number of carbonyl (C=O) groups excluding carboxylic acids is 1. The maximum absolute atomic E-state index is 13.5. The molecule has 0 aliphatic carbocycles. The molecule has 1 unspecified atom stereocenters. The second kappa shape index (κ2) is 7.94. The molecular weight excluding hydrogens is 388 g/mol. The average Bonchev–Trinajstić information content (AvgIpc) is 2.76. The first kappa shape index (κ1) is 19.6. The SMILES string of the molecule is O=C(NCCO)C1Cc2ccccc2CN1S(=O)(=O)c1ccc2ccccc2c1. The van der Waals surface area contributed by atoms with Crippen LogP contribution in [0.5, 0.6) is 0 Å². The van der Waals surface area contributed by atoms with Crippen LogP contribution in [0.25, 0.3) is 10.8 Å². The zero-order valence-electron chi connectivity index (χ0n) is 15.8. The lowest BCUT2D eigenvalue weighted by atomic mass is 9.95. The fourth-order valence-electron chi connectivity index (χ4n) is 3.74. The first-order valence-electron chi connectivity index (χ1n) is 9.47. The van der Waals surface area contributed by atoms with E-state index in [0.29, 0.717) is 6.42 Å². The van der Waals surface area contributed by atoms with E-state index in [0.717, 1.165) is 21.9 Å². The Morgan fingerprint density at radius 1 is 1.00 bits per heavy atom. The van der Waals surface area contributed by atoms with Crippen molar-refractivity contribution in [2.24, 2.45) is 0 Å². The predicted octanol–water partition coefficient (Wildman–Crippen LogP) is 2.06. The minimum absolute atomic E-state index is 0.0842. The standard InChI is InChI=1S/C22H22N2O4S/c25-12-11-23-22(26)21-14-18-7-3-4-8-19(18)15-24(21)29(27,28)20-10-9-16-5-1-2-6-17(16)13-20/h1-10,13,21,25H,11-12,14-15H2,(H,23,26). The molecule has 1 heterocycles. The Morgan fingerprint density at radius 3 is 2.45 bits per heavy atom. The molecule has 1 aliphatic rings. The second-order valence-corrected chi connectivity index (χ2v) is 8.95. The second-order valence-electron chi connectivity index (χ2n) is 7.06. The Hall–Kier alpha value is -2.74.